The molecule has 0 spiro atoms. The first kappa shape index (κ1) is 17.6. The Labute approximate surface area is 158 Å². The average Bonchev–Trinajstić information content (AvgIpc) is 3.08. The number of rotatable bonds is 5. The summed E-state index contributed by atoms with van der Waals surface area (Å²) in [7, 11) is 0. The van der Waals surface area contributed by atoms with Crippen molar-refractivity contribution >= 4 is 17.2 Å². The molecule has 2 atom stereocenters. The van der Waals surface area contributed by atoms with Gasteiger partial charge in [0.15, 0.2) is 0 Å². The van der Waals surface area contributed by atoms with Crippen molar-refractivity contribution in [3.8, 4) is 5.75 Å². The normalized spacial score (nSPS) is 21.5. The molecule has 2 aliphatic heterocycles. The third-order valence-electron chi connectivity index (χ3n) is 5.01. The summed E-state index contributed by atoms with van der Waals surface area (Å²) in [5, 5.41) is 15.3. The number of para-hydroxylation sites is 1. The molecule has 3 N–H and O–H groups in total. The molecule has 0 bridgehead atoms. The molecule has 1 saturated heterocycles. The second-order valence-electron chi connectivity index (χ2n) is 6.72. The van der Waals surface area contributed by atoms with Crippen molar-refractivity contribution in [1.82, 2.24) is 10.6 Å². The maximum Gasteiger partial charge on any atom is 0.232 e. The third-order valence-corrected chi connectivity index (χ3v) is 5.01. The van der Waals surface area contributed by atoms with Gasteiger partial charge in [0.1, 0.15) is 18.5 Å². The summed E-state index contributed by atoms with van der Waals surface area (Å²) >= 11 is 0. The van der Waals surface area contributed by atoms with Gasteiger partial charge >= 0.3 is 0 Å². The largest absolute Gasteiger partial charge is 0.491 e. The zero-order chi connectivity index (χ0) is 18.8. The van der Waals surface area contributed by atoms with Crippen LogP contribution in [0.2, 0.25) is 0 Å². The lowest BCUT2D eigenvalue weighted by molar-refractivity contribution is -0.125. The van der Waals surface area contributed by atoms with Crippen LogP contribution >= 0.6 is 0 Å². The fourth-order valence-electron chi connectivity index (χ4n) is 3.78. The molecule has 2 heterocycles. The van der Waals surface area contributed by atoms with Crippen LogP contribution in [0, 0.1) is 12.8 Å². The Morgan fingerprint density at radius 3 is 2.78 bits per heavy atom. The molecule has 1 amide bonds. The Hall–Kier alpha value is -2.83. The molecule has 0 radical (unpaired) electrons. The van der Waals surface area contributed by atoms with E-state index in [0.717, 1.165) is 22.4 Å². The van der Waals surface area contributed by atoms with E-state index in [1.807, 2.05) is 55.5 Å². The van der Waals surface area contributed by atoms with Crippen molar-refractivity contribution in [1.29, 1.82) is 0 Å². The van der Waals surface area contributed by atoms with Crippen molar-refractivity contribution in [2.75, 3.05) is 24.8 Å². The van der Waals surface area contributed by atoms with Gasteiger partial charge in [0, 0.05) is 11.9 Å². The SMILES string of the molecule is Cc1cc(OCCO)ccc1C1=CN(c2ccccc2)C2NCNC(=O)C12. The number of aliphatic hydroxyl groups is 1. The van der Waals surface area contributed by atoms with E-state index in [4.69, 9.17) is 9.84 Å². The van der Waals surface area contributed by atoms with E-state index < -0.39 is 0 Å². The summed E-state index contributed by atoms with van der Waals surface area (Å²) in [4.78, 5) is 14.8. The molecular formula is C21H23N3O3. The number of amides is 1. The smallest absolute Gasteiger partial charge is 0.232 e. The van der Waals surface area contributed by atoms with E-state index in [-0.39, 0.29) is 31.2 Å². The minimum absolute atomic E-state index is 0.0203. The number of anilines is 1. The Balaban J connectivity index is 1.72. The van der Waals surface area contributed by atoms with E-state index >= 15 is 0 Å². The van der Waals surface area contributed by atoms with Gasteiger partial charge in [-0.25, -0.2) is 0 Å². The minimum Gasteiger partial charge on any atom is -0.491 e. The number of nitrogens with one attached hydrogen (secondary N) is 2. The number of hydrogen-bond acceptors (Lipinski definition) is 5. The van der Waals surface area contributed by atoms with Crippen molar-refractivity contribution in [3.05, 3.63) is 65.9 Å². The van der Waals surface area contributed by atoms with E-state index in [1.165, 1.54) is 0 Å². The molecule has 1 fully saturated rings. The second-order valence-corrected chi connectivity index (χ2v) is 6.72. The number of aliphatic hydroxyl groups excluding tert-OH is 1. The highest BCUT2D eigenvalue weighted by atomic mass is 16.5. The van der Waals surface area contributed by atoms with E-state index in [9.17, 15) is 4.79 Å². The van der Waals surface area contributed by atoms with Gasteiger partial charge in [0.05, 0.1) is 19.2 Å². The van der Waals surface area contributed by atoms with Gasteiger partial charge in [-0.05, 0) is 47.9 Å². The number of carbonyl (C=O) groups excluding carboxylic acids is 1. The number of nitrogens with zero attached hydrogens (tertiary/aromatic N) is 1. The first-order valence-electron chi connectivity index (χ1n) is 9.10. The van der Waals surface area contributed by atoms with Crippen LogP contribution in [0.25, 0.3) is 5.57 Å². The van der Waals surface area contributed by atoms with Gasteiger partial charge in [0.2, 0.25) is 5.91 Å². The topological polar surface area (TPSA) is 73.8 Å². The maximum atomic E-state index is 12.7. The van der Waals surface area contributed by atoms with Crippen molar-refractivity contribution in [2.24, 2.45) is 5.92 Å². The molecule has 2 aliphatic rings. The third kappa shape index (κ3) is 3.29. The molecule has 0 aromatic heterocycles. The molecule has 6 nitrogen and oxygen atoms in total. The number of hydrogen-bond donors (Lipinski definition) is 3. The number of ether oxygens (including phenoxy) is 1. The number of aryl methyl sites for hydroxylation is 1. The predicted molar refractivity (Wildman–Crippen MR) is 104 cm³/mol. The van der Waals surface area contributed by atoms with Gasteiger partial charge in [-0.3, -0.25) is 10.1 Å². The summed E-state index contributed by atoms with van der Waals surface area (Å²) in [6.07, 6.45) is 1.96. The Kier molecular flexibility index (Phi) is 4.83. The van der Waals surface area contributed by atoms with Crippen molar-refractivity contribution in [2.45, 2.75) is 13.1 Å². The lowest BCUT2D eigenvalue weighted by Crippen LogP contribution is -2.58. The maximum absolute atomic E-state index is 12.7. The van der Waals surface area contributed by atoms with Gasteiger partial charge in [-0.2, -0.15) is 0 Å². The van der Waals surface area contributed by atoms with E-state index in [2.05, 4.69) is 21.7 Å². The van der Waals surface area contributed by atoms with Gasteiger partial charge in [-0.1, -0.05) is 24.3 Å². The Bertz CT molecular complexity index is 866. The highest BCUT2D eigenvalue weighted by Gasteiger charge is 2.43. The highest BCUT2D eigenvalue weighted by molar-refractivity contribution is 5.97. The average molecular weight is 365 g/mol. The van der Waals surface area contributed by atoms with E-state index in [0.29, 0.717) is 12.4 Å². The number of carbonyl (C=O) groups is 1. The summed E-state index contributed by atoms with van der Waals surface area (Å²) in [5.41, 5.74) is 4.09. The monoisotopic (exact) mass is 365 g/mol. The van der Waals surface area contributed by atoms with Gasteiger partial charge in [-0.15, -0.1) is 0 Å². The van der Waals surface area contributed by atoms with Crippen molar-refractivity contribution in [3.63, 3.8) is 0 Å². The van der Waals surface area contributed by atoms with Crippen molar-refractivity contribution < 1.29 is 14.6 Å². The van der Waals surface area contributed by atoms with Crippen LogP contribution in [0.4, 0.5) is 5.69 Å². The lowest BCUT2D eigenvalue weighted by atomic mass is 9.89. The Morgan fingerprint density at radius 1 is 1.22 bits per heavy atom. The van der Waals surface area contributed by atoms with Gasteiger partial charge in [0.25, 0.3) is 0 Å². The molecule has 2 aromatic carbocycles. The highest BCUT2D eigenvalue weighted by Crippen LogP contribution is 2.40. The Morgan fingerprint density at radius 2 is 2.04 bits per heavy atom. The number of fused-ring (bicyclic) bond motifs is 1. The summed E-state index contributed by atoms with van der Waals surface area (Å²) < 4.78 is 5.50. The second kappa shape index (κ2) is 7.42. The van der Waals surface area contributed by atoms with Crippen LogP contribution in [0.1, 0.15) is 11.1 Å². The van der Waals surface area contributed by atoms with E-state index in [1.54, 1.807) is 0 Å². The summed E-state index contributed by atoms with van der Waals surface area (Å²) in [6.45, 7) is 2.71. The van der Waals surface area contributed by atoms with Gasteiger partial charge < -0.3 is 20.1 Å². The first-order chi connectivity index (χ1) is 13.2. The molecule has 2 aromatic rings. The fourth-order valence-corrected chi connectivity index (χ4v) is 3.78. The zero-order valence-corrected chi connectivity index (χ0v) is 15.2. The minimum atomic E-state index is -0.290. The molecule has 27 heavy (non-hydrogen) atoms. The standard InChI is InChI=1S/C21H23N3O3/c1-14-11-16(27-10-9-25)7-8-17(14)18-12-24(15-5-3-2-4-6-15)20-19(18)21(26)23-13-22-20/h2-8,11-12,19-20,22,25H,9-10,13H2,1H3,(H,23,26). The van der Waals surface area contributed by atoms with Crippen LogP contribution in [-0.4, -0.2) is 37.1 Å². The molecule has 6 heteroatoms. The predicted octanol–water partition coefficient (Wildman–Crippen LogP) is 1.85. The van der Waals surface area contributed by atoms with Crippen LogP contribution < -0.4 is 20.3 Å². The van der Waals surface area contributed by atoms with Crippen LogP contribution in [0.3, 0.4) is 0 Å². The fraction of sp³-hybridized carbons (Fsp3) is 0.286. The molecular weight excluding hydrogens is 342 g/mol. The molecule has 4 rings (SSSR count). The number of benzene rings is 2. The summed E-state index contributed by atoms with van der Waals surface area (Å²) in [5.74, 6) is 0.455. The lowest BCUT2D eigenvalue weighted by Gasteiger charge is -2.34. The van der Waals surface area contributed by atoms with Crippen LogP contribution in [0.5, 0.6) is 5.75 Å². The molecule has 0 saturated carbocycles. The van der Waals surface area contributed by atoms with Crippen LogP contribution in [-0.2, 0) is 4.79 Å². The quantitative estimate of drug-likeness (QED) is 0.754. The zero-order valence-electron chi connectivity index (χ0n) is 15.2. The molecule has 140 valence electrons. The summed E-state index contributed by atoms with van der Waals surface area (Å²) in [6, 6.07) is 15.9. The molecule has 0 aliphatic carbocycles. The molecule has 2 unspecified atom stereocenters. The first-order valence-corrected chi connectivity index (χ1v) is 9.10. The van der Waals surface area contributed by atoms with Crippen LogP contribution in [0.15, 0.2) is 54.7 Å².